The van der Waals surface area contributed by atoms with Crippen LogP contribution in [0.4, 0.5) is 0 Å². The van der Waals surface area contributed by atoms with E-state index in [1.54, 1.807) is 0 Å². The predicted molar refractivity (Wildman–Crippen MR) is 90.8 cm³/mol. The first-order valence-electron chi connectivity index (χ1n) is 6.60. The quantitative estimate of drug-likeness (QED) is 0.749. The molecule has 0 aliphatic heterocycles. The van der Waals surface area contributed by atoms with Gasteiger partial charge in [0, 0.05) is 11.4 Å². The zero-order valence-electron chi connectivity index (χ0n) is 11.3. The fourth-order valence-corrected chi connectivity index (χ4v) is 2.63. The average molecular weight is 316 g/mol. The summed E-state index contributed by atoms with van der Waals surface area (Å²) in [5.41, 5.74) is 8.88. The van der Waals surface area contributed by atoms with Crippen molar-refractivity contribution >= 4 is 39.8 Å². The van der Waals surface area contributed by atoms with E-state index in [-0.39, 0.29) is 0 Å². The van der Waals surface area contributed by atoms with Gasteiger partial charge in [0.25, 0.3) is 0 Å². The second kappa shape index (κ2) is 5.84. The molecule has 0 fully saturated rings. The molecule has 0 aliphatic rings. The molecular weight excluding hydrogens is 302 g/mol. The molecule has 0 bridgehead atoms. The van der Waals surface area contributed by atoms with Gasteiger partial charge in [-0.15, -0.1) is 0 Å². The minimum absolute atomic E-state index is 0.454. The van der Waals surface area contributed by atoms with E-state index in [1.165, 1.54) is 0 Å². The van der Waals surface area contributed by atoms with Crippen molar-refractivity contribution in [1.82, 2.24) is 9.55 Å². The fourth-order valence-electron chi connectivity index (χ4n) is 2.38. The number of imidazole rings is 1. The van der Waals surface area contributed by atoms with Crippen LogP contribution >= 0.6 is 23.8 Å². The van der Waals surface area contributed by atoms with Crippen LogP contribution in [0.5, 0.6) is 0 Å². The average Bonchev–Trinajstić information content (AvgIpc) is 2.79. The van der Waals surface area contributed by atoms with Crippen LogP contribution in [0.3, 0.4) is 0 Å². The Labute approximate surface area is 133 Å². The van der Waals surface area contributed by atoms with E-state index in [0.717, 1.165) is 27.4 Å². The zero-order valence-corrected chi connectivity index (χ0v) is 12.9. The Balaban J connectivity index is 2.04. The van der Waals surface area contributed by atoms with Crippen molar-refractivity contribution in [2.75, 3.05) is 0 Å². The van der Waals surface area contributed by atoms with Crippen LogP contribution in [0.15, 0.2) is 48.5 Å². The Morgan fingerprint density at radius 3 is 2.57 bits per heavy atom. The number of fused-ring (bicyclic) bond motifs is 1. The van der Waals surface area contributed by atoms with E-state index in [2.05, 4.69) is 4.57 Å². The van der Waals surface area contributed by atoms with Crippen molar-refractivity contribution in [2.24, 2.45) is 5.73 Å². The summed E-state index contributed by atoms with van der Waals surface area (Å²) in [7, 11) is 0. The SMILES string of the molecule is NC(=S)Cn1c(Cc2ccc(Cl)cc2)nc2ccccc21. The molecule has 1 aromatic heterocycles. The molecule has 0 spiro atoms. The molecule has 2 aromatic carbocycles. The van der Waals surface area contributed by atoms with Crippen molar-refractivity contribution in [3.8, 4) is 0 Å². The monoisotopic (exact) mass is 315 g/mol. The second-order valence-electron chi connectivity index (χ2n) is 4.87. The van der Waals surface area contributed by atoms with Crippen LogP contribution in [0.1, 0.15) is 11.4 Å². The molecular formula is C16H14ClN3S. The molecule has 0 unspecified atom stereocenters. The van der Waals surface area contributed by atoms with Crippen LogP contribution in [0.25, 0.3) is 11.0 Å². The van der Waals surface area contributed by atoms with Crippen LogP contribution in [-0.2, 0) is 13.0 Å². The maximum atomic E-state index is 5.92. The highest BCUT2D eigenvalue weighted by molar-refractivity contribution is 7.80. The van der Waals surface area contributed by atoms with Gasteiger partial charge in [-0.05, 0) is 29.8 Å². The van der Waals surface area contributed by atoms with E-state index in [4.69, 9.17) is 34.5 Å². The molecule has 3 aromatic rings. The molecule has 21 heavy (non-hydrogen) atoms. The van der Waals surface area contributed by atoms with Gasteiger partial charge < -0.3 is 10.3 Å². The Bertz CT molecular complexity index is 793. The maximum Gasteiger partial charge on any atom is 0.114 e. The van der Waals surface area contributed by atoms with Gasteiger partial charge in [-0.1, -0.05) is 48.1 Å². The number of rotatable bonds is 4. The number of nitrogens with zero attached hydrogens (tertiary/aromatic N) is 2. The molecule has 2 N–H and O–H groups in total. The molecule has 0 saturated heterocycles. The van der Waals surface area contributed by atoms with E-state index in [9.17, 15) is 0 Å². The van der Waals surface area contributed by atoms with E-state index >= 15 is 0 Å². The third kappa shape index (κ3) is 3.06. The Morgan fingerprint density at radius 2 is 1.86 bits per heavy atom. The van der Waals surface area contributed by atoms with Gasteiger partial charge in [-0.25, -0.2) is 4.98 Å². The summed E-state index contributed by atoms with van der Waals surface area (Å²) in [6.45, 7) is 0.499. The lowest BCUT2D eigenvalue weighted by Crippen LogP contribution is -2.18. The number of hydrogen-bond acceptors (Lipinski definition) is 2. The van der Waals surface area contributed by atoms with Gasteiger partial charge in [0.05, 0.1) is 22.6 Å². The number of thiocarbonyl (C=S) groups is 1. The first-order valence-corrected chi connectivity index (χ1v) is 7.39. The molecule has 1 heterocycles. The van der Waals surface area contributed by atoms with Crippen LogP contribution in [0, 0.1) is 0 Å². The van der Waals surface area contributed by atoms with Crippen molar-refractivity contribution < 1.29 is 0 Å². The topological polar surface area (TPSA) is 43.8 Å². The summed E-state index contributed by atoms with van der Waals surface area (Å²) >= 11 is 11.0. The molecule has 106 valence electrons. The number of aromatic nitrogens is 2. The van der Waals surface area contributed by atoms with Crippen molar-refractivity contribution in [3.63, 3.8) is 0 Å². The molecule has 0 aliphatic carbocycles. The summed E-state index contributed by atoms with van der Waals surface area (Å²) in [5.74, 6) is 0.950. The highest BCUT2D eigenvalue weighted by Gasteiger charge is 2.11. The number of para-hydroxylation sites is 2. The molecule has 0 atom stereocenters. The maximum absolute atomic E-state index is 5.92. The highest BCUT2D eigenvalue weighted by atomic mass is 35.5. The largest absolute Gasteiger partial charge is 0.392 e. The van der Waals surface area contributed by atoms with Crippen LogP contribution in [0.2, 0.25) is 5.02 Å². The van der Waals surface area contributed by atoms with Gasteiger partial charge in [-0.2, -0.15) is 0 Å². The zero-order chi connectivity index (χ0) is 14.8. The minimum Gasteiger partial charge on any atom is -0.392 e. The molecule has 3 nitrogen and oxygen atoms in total. The summed E-state index contributed by atoms with van der Waals surface area (Å²) in [5, 5.41) is 0.732. The highest BCUT2D eigenvalue weighted by Crippen LogP contribution is 2.19. The predicted octanol–water partition coefficient (Wildman–Crippen LogP) is 3.57. The summed E-state index contributed by atoms with van der Waals surface area (Å²) in [6, 6.07) is 15.8. The van der Waals surface area contributed by atoms with Gasteiger partial charge >= 0.3 is 0 Å². The number of hydrogen-bond donors (Lipinski definition) is 1. The molecule has 0 amide bonds. The molecule has 0 saturated carbocycles. The lowest BCUT2D eigenvalue weighted by Gasteiger charge is -2.08. The van der Waals surface area contributed by atoms with Crippen molar-refractivity contribution in [1.29, 1.82) is 0 Å². The van der Waals surface area contributed by atoms with Crippen LogP contribution in [-0.4, -0.2) is 14.5 Å². The number of halogens is 1. The molecule has 3 rings (SSSR count). The van der Waals surface area contributed by atoms with Gasteiger partial charge in [-0.3, -0.25) is 0 Å². The standard InChI is InChI=1S/C16H14ClN3S/c17-12-7-5-11(6-8-12)9-16-19-13-3-1-2-4-14(13)20(16)10-15(18)21/h1-8H,9-10H2,(H2,18,21). The normalized spacial score (nSPS) is 10.9. The van der Waals surface area contributed by atoms with E-state index < -0.39 is 0 Å². The van der Waals surface area contributed by atoms with Gasteiger partial charge in [0.2, 0.25) is 0 Å². The Kier molecular flexibility index (Phi) is 3.90. The first kappa shape index (κ1) is 14.0. The number of benzene rings is 2. The van der Waals surface area contributed by atoms with Crippen molar-refractivity contribution in [3.05, 3.63) is 64.9 Å². The Hall–Kier alpha value is -1.91. The minimum atomic E-state index is 0.454. The van der Waals surface area contributed by atoms with Gasteiger partial charge in [0.1, 0.15) is 5.82 Å². The lowest BCUT2D eigenvalue weighted by molar-refractivity contribution is 0.804. The van der Waals surface area contributed by atoms with Crippen molar-refractivity contribution in [2.45, 2.75) is 13.0 Å². The summed E-state index contributed by atoms with van der Waals surface area (Å²) in [6.07, 6.45) is 0.717. The summed E-state index contributed by atoms with van der Waals surface area (Å²) in [4.78, 5) is 5.15. The van der Waals surface area contributed by atoms with E-state index in [1.807, 2.05) is 48.5 Å². The Morgan fingerprint density at radius 1 is 1.14 bits per heavy atom. The van der Waals surface area contributed by atoms with Gasteiger partial charge in [0.15, 0.2) is 0 Å². The third-order valence-electron chi connectivity index (χ3n) is 3.32. The molecule has 0 radical (unpaired) electrons. The molecule has 5 heteroatoms. The third-order valence-corrected chi connectivity index (χ3v) is 3.70. The first-order chi connectivity index (χ1) is 10.1. The summed E-state index contributed by atoms with van der Waals surface area (Å²) < 4.78 is 2.08. The fraction of sp³-hybridized carbons (Fsp3) is 0.125. The second-order valence-corrected chi connectivity index (χ2v) is 5.83. The smallest absolute Gasteiger partial charge is 0.114 e. The van der Waals surface area contributed by atoms with Crippen LogP contribution < -0.4 is 5.73 Å². The number of nitrogens with two attached hydrogens (primary N) is 1. The van der Waals surface area contributed by atoms with E-state index in [0.29, 0.717) is 18.0 Å². The lowest BCUT2D eigenvalue weighted by atomic mass is 10.1.